The van der Waals surface area contributed by atoms with E-state index in [2.05, 4.69) is 0 Å². The van der Waals surface area contributed by atoms with Crippen molar-refractivity contribution in [2.24, 2.45) is 0 Å². The molecule has 202 valence electrons. The molecule has 0 saturated carbocycles. The van der Waals surface area contributed by atoms with Gasteiger partial charge in [0.2, 0.25) is 11.5 Å². The van der Waals surface area contributed by atoms with Crippen molar-refractivity contribution in [1.29, 1.82) is 0 Å². The third-order valence-electron chi connectivity index (χ3n) is 5.89. The second kappa shape index (κ2) is 11.7. The van der Waals surface area contributed by atoms with E-state index in [1.807, 2.05) is 0 Å². The van der Waals surface area contributed by atoms with E-state index in [1.54, 1.807) is 61.5 Å². The number of rotatable bonds is 10. The summed E-state index contributed by atoms with van der Waals surface area (Å²) in [7, 11) is 1.51. The quantitative estimate of drug-likeness (QED) is 0.188. The number of ketones is 1. The van der Waals surface area contributed by atoms with E-state index in [9.17, 15) is 25.2 Å². The number of phenolic OH excluding ortho intramolecular Hbond substituents is 3. The molecular weight excluding hydrogens is 504 g/mol. The molecule has 0 aliphatic carbocycles. The molecule has 0 radical (unpaired) electrons. The second-order valence-electron chi connectivity index (χ2n) is 8.70. The Morgan fingerprint density at radius 2 is 1.44 bits per heavy atom. The number of aliphatic hydroxyl groups excluding tert-OH is 1. The topological polar surface area (TPSA) is 135 Å². The van der Waals surface area contributed by atoms with Gasteiger partial charge in [-0.25, -0.2) is 0 Å². The van der Waals surface area contributed by atoms with Crippen molar-refractivity contribution in [3.05, 3.63) is 90.0 Å². The standard InChI is InChI=1S/C30H28O9/c1-17-15-20(31)12-14-23(17)38-27-10-6-9-26(30(27)39-25-8-5-4-7-24(25)36-3)37-18(2)28(34)29(35)19-11-13-21(32)22(33)16-19/h4-16,18,29,31-33,35H,1-3H3. The fourth-order valence-electron chi connectivity index (χ4n) is 3.79. The Hall–Kier alpha value is -4.89. The smallest absolute Gasteiger partial charge is 0.211 e. The van der Waals surface area contributed by atoms with Crippen LogP contribution < -0.4 is 18.9 Å². The zero-order valence-corrected chi connectivity index (χ0v) is 21.5. The molecule has 0 aliphatic heterocycles. The minimum atomic E-state index is -1.62. The van der Waals surface area contributed by atoms with Gasteiger partial charge in [0, 0.05) is 0 Å². The van der Waals surface area contributed by atoms with Crippen LogP contribution in [0, 0.1) is 6.92 Å². The maximum Gasteiger partial charge on any atom is 0.211 e. The lowest BCUT2D eigenvalue weighted by atomic mass is 10.0. The molecule has 39 heavy (non-hydrogen) atoms. The lowest BCUT2D eigenvalue weighted by Gasteiger charge is -2.21. The van der Waals surface area contributed by atoms with Crippen LogP contribution in [-0.2, 0) is 4.79 Å². The van der Waals surface area contributed by atoms with Crippen LogP contribution in [0.25, 0.3) is 0 Å². The lowest BCUT2D eigenvalue weighted by molar-refractivity contribution is -0.133. The van der Waals surface area contributed by atoms with Crippen LogP contribution in [0.3, 0.4) is 0 Å². The summed E-state index contributed by atoms with van der Waals surface area (Å²) in [5.41, 5.74) is 0.768. The number of benzene rings is 4. The van der Waals surface area contributed by atoms with E-state index in [0.29, 0.717) is 22.8 Å². The highest BCUT2D eigenvalue weighted by atomic mass is 16.6. The summed E-state index contributed by atoms with van der Waals surface area (Å²) in [4.78, 5) is 13.0. The Labute approximate surface area is 225 Å². The molecule has 0 fully saturated rings. The van der Waals surface area contributed by atoms with Crippen LogP contribution in [0.4, 0.5) is 0 Å². The molecule has 0 aliphatic rings. The number of ether oxygens (including phenoxy) is 4. The van der Waals surface area contributed by atoms with Crippen molar-refractivity contribution in [2.75, 3.05) is 7.11 Å². The van der Waals surface area contributed by atoms with Crippen LogP contribution in [0.2, 0.25) is 0 Å². The van der Waals surface area contributed by atoms with Gasteiger partial charge in [0.05, 0.1) is 7.11 Å². The van der Waals surface area contributed by atoms with Gasteiger partial charge in [0.1, 0.15) is 17.6 Å². The zero-order valence-electron chi connectivity index (χ0n) is 21.5. The number of hydrogen-bond donors (Lipinski definition) is 4. The highest BCUT2D eigenvalue weighted by molar-refractivity contribution is 5.88. The van der Waals surface area contributed by atoms with Crippen molar-refractivity contribution >= 4 is 5.78 Å². The molecule has 0 heterocycles. The molecule has 4 rings (SSSR count). The fourth-order valence-corrected chi connectivity index (χ4v) is 3.79. The SMILES string of the molecule is COc1ccccc1Oc1c(Oc2ccc(O)cc2C)cccc1OC(C)C(=O)C(O)c1ccc(O)c(O)c1. The second-order valence-corrected chi connectivity index (χ2v) is 8.70. The first-order chi connectivity index (χ1) is 18.7. The van der Waals surface area contributed by atoms with E-state index in [1.165, 1.54) is 32.2 Å². The first kappa shape index (κ1) is 27.2. The maximum absolute atomic E-state index is 13.0. The fraction of sp³-hybridized carbons (Fsp3) is 0.167. The summed E-state index contributed by atoms with van der Waals surface area (Å²) in [5, 5.41) is 39.7. The van der Waals surface area contributed by atoms with Gasteiger partial charge in [-0.2, -0.15) is 0 Å². The number of aromatic hydroxyl groups is 3. The number of Topliss-reactive ketones (excluding diaryl/α,β-unsaturated/α-hetero) is 1. The molecule has 4 aromatic rings. The molecule has 0 amide bonds. The number of aliphatic hydroxyl groups is 1. The molecule has 0 saturated heterocycles. The van der Waals surface area contributed by atoms with Gasteiger partial charge >= 0.3 is 0 Å². The van der Waals surface area contributed by atoms with Gasteiger partial charge in [-0.3, -0.25) is 4.79 Å². The van der Waals surface area contributed by atoms with Gasteiger partial charge < -0.3 is 39.4 Å². The van der Waals surface area contributed by atoms with E-state index < -0.39 is 23.7 Å². The average Bonchev–Trinajstić information content (AvgIpc) is 2.92. The van der Waals surface area contributed by atoms with Gasteiger partial charge in [0.25, 0.3) is 0 Å². The van der Waals surface area contributed by atoms with Crippen LogP contribution in [0.5, 0.6) is 51.7 Å². The van der Waals surface area contributed by atoms with Gasteiger partial charge in [-0.15, -0.1) is 0 Å². The molecule has 4 N–H and O–H groups in total. The van der Waals surface area contributed by atoms with Crippen molar-refractivity contribution < 1.29 is 44.2 Å². The van der Waals surface area contributed by atoms with E-state index in [-0.39, 0.29) is 34.3 Å². The lowest BCUT2D eigenvalue weighted by Crippen LogP contribution is -2.29. The molecule has 0 bridgehead atoms. The van der Waals surface area contributed by atoms with Gasteiger partial charge in [-0.1, -0.05) is 24.3 Å². The van der Waals surface area contributed by atoms with Crippen molar-refractivity contribution in [1.82, 2.24) is 0 Å². The van der Waals surface area contributed by atoms with E-state index in [0.717, 1.165) is 6.07 Å². The summed E-state index contributed by atoms with van der Waals surface area (Å²) < 4.78 is 23.7. The molecule has 2 atom stereocenters. The van der Waals surface area contributed by atoms with Crippen molar-refractivity contribution in [3.63, 3.8) is 0 Å². The first-order valence-corrected chi connectivity index (χ1v) is 12.0. The average molecular weight is 533 g/mol. The largest absolute Gasteiger partial charge is 0.508 e. The van der Waals surface area contributed by atoms with Crippen LogP contribution >= 0.6 is 0 Å². The summed E-state index contributed by atoms with van der Waals surface area (Å²) >= 11 is 0. The highest BCUT2D eigenvalue weighted by Gasteiger charge is 2.27. The van der Waals surface area contributed by atoms with Gasteiger partial charge in [-0.05, 0) is 79.6 Å². The summed E-state index contributed by atoms with van der Waals surface area (Å²) in [6.07, 6.45) is -2.77. The Morgan fingerprint density at radius 1 is 0.744 bits per heavy atom. The molecule has 0 spiro atoms. The summed E-state index contributed by atoms with van der Waals surface area (Å²) in [5.74, 6) is 0.392. The number of para-hydroxylation sites is 3. The molecule has 0 aromatic heterocycles. The minimum absolute atomic E-state index is 0.0928. The third-order valence-corrected chi connectivity index (χ3v) is 5.89. The molecule has 2 unspecified atom stereocenters. The predicted octanol–water partition coefficient (Wildman–Crippen LogP) is 5.78. The van der Waals surface area contributed by atoms with Crippen molar-refractivity contribution in [3.8, 4) is 51.7 Å². The van der Waals surface area contributed by atoms with E-state index in [4.69, 9.17) is 18.9 Å². The number of methoxy groups -OCH3 is 1. The number of carbonyl (C=O) groups excluding carboxylic acids is 1. The summed E-state index contributed by atoms with van der Waals surface area (Å²) in [6.45, 7) is 3.25. The number of aryl methyl sites for hydroxylation is 1. The molecule has 9 nitrogen and oxygen atoms in total. The Kier molecular flexibility index (Phi) is 8.12. The first-order valence-electron chi connectivity index (χ1n) is 12.0. The minimum Gasteiger partial charge on any atom is -0.508 e. The Bertz CT molecular complexity index is 1480. The normalized spacial score (nSPS) is 12.3. The zero-order chi connectivity index (χ0) is 28.1. The monoisotopic (exact) mass is 532 g/mol. The van der Waals surface area contributed by atoms with E-state index >= 15 is 0 Å². The van der Waals surface area contributed by atoms with Crippen LogP contribution in [0.1, 0.15) is 24.2 Å². The van der Waals surface area contributed by atoms with Crippen LogP contribution in [0.15, 0.2) is 78.9 Å². The van der Waals surface area contributed by atoms with Crippen LogP contribution in [-0.4, -0.2) is 39.4 Å². The third kappa shape index (κ3) is 6.16. The maximum atomic E-state index is 13.0. The molecular formula is C30H28O9. The number of hydrogen-bond acceptors (Lipinski definition) is 9. The predicted molar refractivity (Wildman–Crippen MR) is 142 cm³/mol. The Balaban J connectivity index is 1.68. The number of carbonyl (C=O) groups is 1. The van der Waals surface area contributed by atoms with Gasteiger partial charge in [0.15, 0.2) is 40.6 Å². The molecule has 9 heteroatoms. The van der Waals surface area contributed by atoms with Crippen molar-refractivity contribution in [2.45, 2.75) is 26.1 Å². The Morgan fingerprint density at radius 3 is 2.13 bits per heavy atom. The number of phenols is 3. The molecule has 4 aromatic carbocycles. The highest BCUT2D eigenvalue weighted by Crippen LogP contribution is 2.45. The summed E-state index contributed by atoms with van der Waals surface area (Å²) in [6, 6.07) is 20.1.